The van der Waals surface area contributed by atoms with Crippen molar-refractivity contribution in [2.24, 2.45) is 16.3 Å². The van der Waals surface area contributed by atoms with Gasteiger partial charge in [-0.3, -0.25) is 0 Å². The van der Waals surface area contributed by atoms with E-state index in [-0.39, 0.29) is 5.41 Å². The number of amidine groups is 1. The van der Waals surface area contributed by atoms with Crippen molar-refractivity contribution in [2.75, 3.05) is 11.9 Å². The molecule has 92 valence electrons. The number of benzene rings is 1. The van der Waals surface area contributed by atoms with E-state index in [1.165, 1.54) is 11.3 Å². The molecule has 0 aliphatic heterocycles. The third kappa shape index (κ3) is 2.90. The van der Waals surface area contributed by atoms with Gasteiger partial charge in [0.1, 0.15) is 5.84 Å². The molecule has 1 aliphatic rings. The second-order valence-corrected chi connectivity index (χ2v) is 4.94. The fraction of sp³-hybridized carbons (Fsp3) is 0.462. The largest absolute Gasteiger partial charge is 0.409 e. The molecular weight excluding hydrogens is 214 g/mol. The summed E-state index contributed by atoms with van der Waals surface area (Å²) < 4.78 is 0. The van der Waals surface area contributed by atoms with E-state index in [0.29, 0.717) is 12.3 Å². The molecule has 1 saturated carbocycles. The predicted molar refractivity (Wildman–Crippen MR) is 69.4 cm³/mol. The smallest absolute Gasteiger partial charge is 0.139 e. The first-order valence-corrected chi connectivity index (χ1v) is 5.91. The van der Waals surface area contributed by atoms with Crippen molar-refractivity contribution in [2.45, 2.75) is 26.2 Å². The van der Waals surface area contributed by atoms with Crippen molar-refractivity contribution in [3.05, 3.63) is 29.8 Å². The summed E-state index contributed by atoms with van der Waals surface area (Å²) >= 11 is 0. The normalized spacial score (nSPS) is 17.8. The maximum Gasteiger partial charge on any atom is 0.139 e. The van der Waals surface area contributed by atoms with Gasteiger partial charge in [0.05, 0.1) is 0 Å². The van der Waals surface area contributed by atoms with E-state index in [0.717, 1.165) is 19.4 Å². The Morgan fingerprint density at radius 3 is 2.76 bits per heavy atom. The van der Waals surface area contributed by atoms with Crippen molar-refractivity contribution in [1.82, 2.24) is 0 Å². The number of anilines is 1. The first-order chi connectivity index (χ1) is 8.15. The summed E-state index contributed by atoms with van der Waals surface area (Å²) in [6.45, 7) is 2.97. The summed E-state index contributed by atoms with van der Waals surface area (Å²) in [5.41, 5.74) is 8.17. The molecule has 1 aromatic rings. The van der Waals surface area contributed by atoms with Crippen LogP contribution in [-0.4, -0.2) is 17.6 Å². The van der Waals surface area contributed by atoms with Crippen LogP contribution in [0.1, 0.15) is 24.8 Å². The van der Waals surface area contributed by atoms with E-state index in [2.05, 4.69) is 29.5 Å². The molecule has 1 aromatic carbocycles. The Morgan fingerprint density at radius 2 is 2.18 bits per heavy atom. The minimum absolute atomic E-state index is 0.193. The first kappa shape index (κ1) is 11.8. The lowest BCUT2D eigenvalue weighted by molar-refractivity contribution is 0.315. The van der Waals surface area contributed by atoms with Gasteiger partial charge in [0.25, 0.3) is 0 Å². The van der Waals surface area contributed by atoms with Gasteiger partial charge >= 0.3 is 0 Å². The molecule has 0 atom stereocenters. The van der Waals surface area contributed by atoms with Crippen LogP contribution in [0, 0.1) is 12.3 Å². The molecule has 4 N–H and O–H groups in total. The summed E-state index contributed by atoms with van der Waals surface area (Å²) in [7, 11) is 0. The topological polar surface area (TPSA) is 70.6 Å². The second-order valence-electron chi connectivity index (χ2n) is 4.94. The summed E-state index contributed by atoms with van der Waals surface area (Å²) in [5, 5.41) is 15.1. The van der Waals surface area contributed by atoms with E-state index in [1.807, 2.05) is 12.1 Å². The Hall–Kier alpha value is -1.71. The molecule has 0 bridgehead atoms. The minimum Gasteiger partial charge on any atom is -0.409 e. The number of para-hydroxylation sites is 1. The van der Waals surface area contributed by atoms with E-state index >= 15 is 0 Å². The number of rotatable bonds is 5. The Balaban J connectivity index is 1.92. The zero-order chi connectivity index (χ0) is 12.3. The lowest BCUT2D eigenvalue weighted by Crippen LogP contribution is -2.23. The highest BCUT2D eigenvalue weighted by molar-refractivity contribution is 5.80. The highest BCUT2D eigenvalue weighted by Crippen LogP contribution is 2.48. The quantitative estimate of drug-likeness (QED) is 0.316. The zero-order valence-corrected chi connectivity index (χ0v) is 10.1. The van der Waals surface area contributed by atoms with Gasteiger partial charge in [0, 0.05) is 18.7 Å². The number of hydrogen-bond donors (Lipinski definition) is 3. The Labute approximate surface area is 102 Å². The lowest BCUT2D eigenvalue weighted by atomic mass is 10.0. The number of nitrogens with one attached hydrogen (secondary N) is 1. The predicted octanol–water partition coefficient (Wildman–Crippen LogP) is 2.32. The van der Waals surface area contributed by atoms with Gasteiger partial charge in [0.2, 0.25) is 0 Å². The SMILES string of the molecule is Cc1ccccc1NCC1(CC(N)=NO)CC1. The molecule has 0 spiro atoms. The molecule has 0 saturated heterocycles. The minimum atomic E-state index is 0.193. The zero-order valence-electron chi connectivity index (χ0n) is 10.1. The summed E-state index contributed by atoms with van der Waals surface area (Å²) in [5.74, 6) is 0.328. The average molecular weight is 233 g/mol. The monoisotopic (exact) mass is 233 g/mol. The number of aryl methyl sites for hydroxylation is 1. The highest BCUT2D eigenvalue weighted by Gasteiger charge is 2.43. The van der Waals surface area contributed by atoms with E-state index in [4.69, 9.17) is 10.9 Å². The van der Waals surface area contributed by atoms with Gasteiger partial charge in [-0.15, -0.1) is 0 Å². The van der Waals surface area contributed by atoms with Crippen LogP contribution < -0.4 is 11.1 Å². The first-order valence-electron chi connectivity index (χ1n) is 5.91. The van der Waals surface area contributed by atoms with E-state index < -0.39 is 0 Å². The maximum absolute atomic E-state index is 8.60. The maximum atomic E-state index is 8.60. The third-order valence-electron chi connectivity index (χ3n) is 3.44. The highest BCUT2D eigenvalue weighted by atomic mass is 16.4. The molecule has 0 radical (unpaired) electrons. The lowest BCUT2D eigenvalue weighted by Gasteiger charge is -2.17. The number of nitrogens with two attached hydrogens (primary N) is 1. The molecule has 17 heavy (non-hydrogen) atoms. The molecule has 2 rings (SSSR count). The van der Waals surface area contributed by atoms with Gasteiger partial charge in [-0.05, 0) is 36.8 Å². The Bertz CT molecular complexity index is 424. The van der Waals surface area contributed by atoms with Crippen molar-refractivity contribution >= 4 is 11.5 Å². The summed E-state index contributed by atoms with van der Waals surface area (Å²) in [4.78, 5) is 0. The van der Waals surface area contributed by atoms with Crippen molar-refractivity contribution in [1.29, 1.82) is 0 Å². The van der Waals surface area contributed by atoms with E-state index in [9.17, 15) is 0 Å². The van der Waals surface area contributed by atoms with Crippen molar-refractivity contribution in [3.8, 4) is 0 Å². The number of hydrogen-bond acceptors (Lipinski definition) is 3. The van der Waals surface area contributed by atoms with Crippen molar-refractivity contribution < 1.29 is 5.21 Å². The molecule has 0 aromatic heterocycles. The van der Waals surface area contributed by atoms with Crippen molar-refractivity contribution in [3.63, 3.8) is 0 Å². The van der Waals surface area contributed by atoms with Crippen LogP contribution >= 0.6 is 0 Å². The van der Waals surface area contributed by atoms with Crippen LogP contribution in [0.2, 0.25) is 0 Å². The standard InChI is InChI=1S/C13H19N3O/c1-10-4-2-3-5-11(10)15-9-13(6-7-13)8-12(14)16-17/h2-5,15,17H,6-9H2,1H3,(H2,14,16). The van der Waals surface area contributed by atoms with Gasteiger partial charge in [-0.25, -0.2) is 0 Å². The Kier molecular flexibility index (Phi) is 3.22. The summed E-state index contributed by atoms with van der Waals surface area (Å²) in [6.07, 6.45) is 2.95. The van der Waals surface area contributed by atoms with Crippen LogP contribution in [0.15, 0.2) is 29.4 Å². The molecule has 1 fully saturated rings. The van der Waals surface area contributed by atoms with Crippen LogP contribution in [0.4, 0.5) is 5.69 Å². The van der Waals surface area contributed by atoms with Gasteiger partial charge in [-0.1, -0.05) is 23.4 Å². The molecule has 1 aliphatic carbocycles. The molecule has 4 heteroatoms. The Morgan fingerprint density at radius 1 is 1.47 bits per heavy atom. The molecule has 0 unspecified atom stereocenters. The van der Waals surface area contributed by atoms with Crippen LogP contribution in [-0.2, 0) is 0 Å². The fourth-order valence-corrected chi connectivity index (χ4v) is 2.07. The van der Waals surface area contributed by atoms with Gasteiger partial charge in [0.15, 0.2) is 0 Å². The molecule has 0 heterocycles. The molecular formula is C13H19N3O. The molecule has 0 amide bonds. The van der Waals surface area contributed by atoms with E-state index in [1.54, 1.807) is 0 Å². The number of nitrogens with zero attached hydrogens (tertiary/aromatic N) is 1. The number of oxime groups is 1. The fourth-order valence-electron chi connectivity index (χ4n) is 2.07. The molecule has 4 nitrogen and oxygen atoms in total. The third-order valence-corrected chi connectivity index (χ3v) is 3.44. The average Bonchev–Trinajstić information content (AvgIpc) is 3.08. The van der Waals surface area contributed by atoms with Gasteiger partial charge in [-0.2, -0.15) is 0 Å². The van der Waals surface area contributed by atoms with Gasteiger partial charge < -0.3 is 16.3 Å². The summed E-state index contributed by atoms with van der Waals surface area (Å²) in [6, 6.07) is 8.22. The second kappa shape index (κ2) is 4.65. The van der Waals surface area contributed by atoms with Crippen LogP contribution in [0.3, 0.4) is 0 Å². The van der Waals surface area contributed by atoms with Crippen LogP contribution in [0.25, 0.3) is 0 Å². The van der Waals surface area contributed by atoms with Crippen LogP contribution in [0.5, 0.6) is 0 Å².